The maximum atomic E-state index is 5.40. The summed E-state index contributed by atoms with van der Waals surface area (Å²) in [6, 6.07) is 20.3. The van der Waals surface area contributed by atoms with Gasteiger partial charge in [0.05, 0.1) is 12.3 Å². The second-order valence-corrected chi connectivity index (χ2v) is 5.99. The third kappa shape index (κ3) is 4.92. The number of aromatic amines is 1. The first-order valence-corrected chi connectivity index (χ1v) is 8.64. The van der Waals surface area contributed by atoms with E-state index in [-0.39, 0.29) is 0 Å². The van der Waals surface area contributed by atoms with Crippen LogP contribution in [-0.2, 0) is 11.3 Å². The van der Waals surface area contributed by atoms with Gasteiger partial charge in [-0.1, -0.05) is 42.5 Å². The molecule has 5 heteroatoms. The molecule has 0 radical (unpaired) electrons. The molecule has 3 N–H and O–H groups in total. The van der Waals surface area contributed by atoms with E-state index in [1.165, 1.54) is 0 Å². The van der Waals surface area contributed by atoms with Gasteiger partial charge >= 0.3 is 0 Å². The van der Waals surface area contributed by atoms with Gasteiger partial charge in [-0.2, -0.15) is 0 Å². The monoisotopic (exact) mass is 351 g/mol. The summed E-state index contributed by atoms with van der Waals surface area (Å²) < 4.78 is 5.40. The first-order chi connectivity index (χ1) is 12.2. The standard InChI is InChI=1S/C20H21N3OS/c1-2-24-14-15-8-10-17(11-9-15)22-20(25)23-18-12-19(21-13-18)16-6-4-3-5-7-16/h3-13,21H,2,14H2,1H3,(H2,22,23,25). The molecule has 1 heterocycles. The Hall–Kier alpha value is -2.63. The van der Waals surface area contributed by atoms with Crippen LogP contribution < -0.4 is 10.6 Å². The largest absolute Gasteiger partial charge is 0.377 e. The molecule has 3 rings (SSSR count). The van der Waals surface area contributed by atoms with Crippen molar-refractivity contribution in [1.82, 2.24) is 4.98 Å². The lowest BCUT2D eigenvalue weighted by Gasteiger charge is -2.10. The minimum absolute atomic E-state index is 0.552. The maximum absolute atomic E-state index is 5.40. The topological polar surface area (TPSA) is 49.1 Å². The number of benzene rings is 2. The number of thiocarbonyl (C=S) groups is 1. The number of hydrogen-bond donors (Lipinski definition) is 3. The Morgan fingerprint density at radius 2 is 1.72 bits per heavy atom. The molecule has 0 saturated carbocycles. The van der Waals surface area contributed by atoms with Crippen molar-refractivity contribution >= 4 is 28.7 Å². The molecule has 0 fully saturated rings. The average molecular weight is 351 g/mol. The predicted octanol–water partition coefficient (Wildman–Crippen LogP) is 5.03. The van der Waals surface area contributed by atoms with Crippen LogP contribution in [0.1, 0.15) is 12.5 Å². The second kappa shape index (κ2) is 8.46. The summed E-state index contributed by atoms with van der Waals surface area (Å²) >= 11 is 5.39. The second-order valence-electron chi connectivity index (χ2n) is 5.58. The first kappa shape index (κ1) is 17.2. The van der Waals surface area contributed by atoms with Gasteiger partial charge in [-0.3, -0.25) is 0 Å². The van der Waals surface area contributed by atoms with Crippen molar-refractivity contribution in [2.75, 3.05) is 17.2 Å². The molecule has 0 atom stereocenters. The van der Waals surface area contributed by atoms with Crippen molar-refractivity contribution in [2.24, 2.45) is 0 Å². The summed E-state index contributed by atoms with van der Waals surface area (Å²) in [6.07, 6.45) is 1.90. The van der Waals surface area contributed by atoms with Gasteiger partial charge in [0.25, 0.3) is 0 Å². The summed E-state index contributed by atoms with van der Waals surface area (Å²) in [5, 5.41) is 6.93. The first-order valence-electron chi connectivity index (χ1n) is 8.23. The van der Waals surface area contributed by atoms with Gasteiger partial charge in [-0.25, -0.2) is 0 Å². The number of aromatic nitrogens is 1. The lowest BCUT2D eigenvalue weighted by Crippen LogP contribution is -2.18. The fraction of sp³-hybridized carbons (Fsp3) is 0.150. The van der Waals surface area contributed by atoms with Crippen LogP contribution in [0, 0.1) is 0 Å². The molecule has 4 nitrogen and oxygen atoms in total. The molecule has 1 aromatic heterocycles. The van der Waals surface area contributed by atoms with E-state index in [9.17, 15) is 0 Å². The van der Waals surface area contributed by atoms with Gasteiger partial charge in [0, 0.05) is 24.2 Å². The molecule has 25 heavy (non-hydrogen) atoms. The van der Waals surface area contributed by atoms with E-state index in [1.54, 1.807) is 0 Å². The Labute approximate surface area is 153 Å². The van der Waals surface area contributed by atoms with Crippen molar-refractivity contribution < 1.29 is 4.74 Å². The van der Waals surface area contributed by atoms with E-state index < -0.39 is 0 Å². The Kier molecular flexibility index (Phi) is 5.82. The third-order valence-corrected chi connectivity index (χ3v) is 3.91. The van der Waals surface area contributed by atoms with Crippen LogP contribution in [0.15, 0.2) is 66.9 Å². The Bertz CT molecular complexity index is 812. The number of rotatable bonds is 6. The van der Waals surface area contributed by atoms with E-state index in [0.717, 1.165) is 34.8 Å². The van der Waals surface area contributed by atoms with Gasteiger partial charge in [-0.05, 0) is 48.5 Å². The molecule has 128 valence electrons. The average Bonchev–Trinajstić information content (AvgIpc) is 3.10. The lowest BCUT2D eigenvalue weighted by molar-refractivity contribution is 0.134. The zero-order chi connectivity index (χ0) is 17.5. The zero-order valence-corrected chi connectivity index (χ0v) is 14.9. The maximum Gasteiger partial charge on any atom is 0.175 e. The van der Waals surface area contributed by atoms with Crippen molar-refractivity contribution in [3.63, 3.8) is 0 Å². The molecular weight excluding hydrogens is 330 g/mol. The highest BCUT2D eigenvalue weighted by molar-refractivity contribution is 7.80. The molecule has 0 unspecified atom stereocenters. The number of hydrogen-bond acceptors (Lipinski definition) is 2. The molecule has 0 bridgehead atoms. The molecule has 0 spiro atoms. The van der Waals surface area contributed by atoms with Crippen LogP contribution in [0.5, 0.6) is 0 Å². The minimum Gasteiger partial charge on any atom is -0.377 e. The Balaban J connectivity index is 1.57. The lowest BCUT2D eigenvalue weighted by atomic mass is 10.2. The highest BCUT2D eigenvalue weighted by Gasteiger charge is 2.04. The van der Waals surface area contributed by atoms with Crippen LogP contribution >= 0.6 is 12.2 Å². The highest BCUT2D eigenvalue weighted by atomic mass is 32.1. The van der Waals surface area contributed by atoms with Crippen molar-refractivity contribution in [3.05, 3.63) is 72.4 Å². The van der Waals surface area contributed by atoms with Gasteiger partial charge in [0.15, 0.2) is 5.11 Å². The van der Waals surface area contributed by atoms with Crippen LogP contribution in [0.3, 0.4) is 0 Å². The predicted molar refractivity (Wildman–Crippen MR) is 108 cm³/mol. The fourth-order valence-corrected chi connectivity index (χ4v) is 2.68. The summed E-state index contributed by atoms with van der Waals surface area (Å²) in [5.74, 6) is 0. The zero-order valence-electron chi connectivity index (χ0n) is 14.1. The molecule has 0 amide bonds. The van der Waals surface area contributed by atoms with Crippen molar-refractivity contribution in [1.29, 1.82) is 0 Å². The minimum atomic E-state index is 0.552. The van der Waals surface area contributed by atoms with Crippen LogP contribution in [0.25, 0.3) is 11.3 Å². The summed E-state index contributed by atoms with van der Waals surface area (Å²) in [5.41, 5.74) is 5.19. The van der Waals surface area contributed by atoms with Crippen LogP contribution in [0.2, 0.25) is 0 Å². The molecule has 0 aliphatic carbocycles. The molecule has 0 saturated heterocycles. The quantitative estimate of drug-likeness (QED) is 0.545. The van der Waals surface area contributed by atoms with Crippen molar-refractivity contribution in [3.8, 4) is 11.3 Å². The molecule has 0 aliphatic rings. The molecule has 2 aromatic carbocycles. The van der Waals surface area contributed by atoms with E-state index in [0.29, 0.717) is 11.7 Å². The molecule has 3 aromatic rings. The van der Waals surface area contributed by atoms with E-state index in [2.05, 4.69) is 27.8 Å². The van der Waals surface area contributed by atoms with Gasteiger partial charge in [-0.15, -0.1) is 0 Å². The van der Waals surface area contributed by atoms with E-state index in [4.69, 9.17) is 17.0 Å². The number of ether oxygens (including phenoxy) is 1. The van der Waals surface area contributed by atoms with E-state index in [1.807, 2.05) is 61.7 Å². The van der Waals surface area contributed by atoms with Gasteiger partial charge < -0.3 is 20.4 Å². The number of anilines is 2. The smallest absolute Gasteiger partial charge is 0.175 e. The Morgan fingerprint density at radius 1 is 1.00 bits per heavy atom. The highest BCUT2D eigenvalue weighted by Crippen LogP contribution is 2.21. The van der Waals surface area contributed by atoms with Gasteiger partial charge in [0.2, 0.25) is 0 Å². The van der Waals surface area contributed by atoms with E-state index >= 15 is 0 Å². The summed E-state index contributed by atoms with van der Waals surface area (Å²) in [7, 11) is 0. The van der Waals surface area contributed by atoms with Gasteiger partial charge in [0.1, 0.15) is 0 Å². The number of H-pyrrole nitrogens is 1. The van der Waals surface area contributed by atoms with Crippen molar-refractivity contribution in [2.45, 2.75) is 13.5 Å². The van der Waals surface area contributed by atoms with Crippen LogP contribution in [-0.4, -0.2) is 16.7 Å². The normalized spacial score (nSPS) is 10.4. The Morgan fingerprint density at radius 3 is 2.44 bits per heavy atom. The molecule has 0 aliphatic heterocycles. The summed E-state index contributed by atoms with van der Waals surface area (Å²) in [6.45, 7) is 3.34. The SMILES string of the molecule is CCOCc1ccc(NC(=S)Nc2c[nH]c(-c3ccccc3)c2)cc1. The van der Waals surface area contributed by atoms with Crippen LogP contribution in [0.4, 0.5) is 11.4 Å². The third-order valence-electron chi connectivity index (χ3n) is 3.71. The molecular formula is C20H21N3OS. The number of nitrogens with one attached hydrogen (secondary N) is 3. The summed E-state index contributed by atoms with van der Waals surface area (Å²) in [4.78, 5) is 3.25. The fourth-order valence-electron chi connectivity index (χ4n) is 2.45.